The number of pyridine rings is 3. The Morgan fingerprint density at radius 1 is 1.11 bits per heavy atom. The zero-order valence-corrected chi connectivity index (χ0v) is 22.1. The molecule has 0 saturated carbocycles. The first-order chi connectivity index (χ1) is 18.3. The van der Waals surface area contributed by atoms with Crippen molar-refractivity contribution >= 4 is 16.7 Å². The van der Waals surface area contributed by atoms with E-state index >= 15 is 0 Å². The molecule has 1 aliphatic heterocycles. The standard InChI is InChI=1S/C30H31FN6O/c1-5-21-9-11-25(33-16-21)30(22-7-6-8-23(31)13-22)37-18-19(2)36(17-20(37)3)27-14-28(38)35(4)26-12-10-24(15-32)34-29(26)27/h6-14,16,19-20,30H,5,17-18H2,1-4H3/t19-,20?,30?/m0/s1. The molecule has 1 aromatic carbocycles. The molecule has 7 nitrogen and oxygen atoms in total. The van der Waals surface area contributed by atoms with Crippen LogP contribution in [0.15, 0.2) is 65.6 Å². The van der Waals surface area contributed by atoms with E-state index in [1.165, 1.54) is 6.07 Å². The van der Waals surface area contributed by atoms with Crippen molar-refractivity contribution in [3.63, 3.8) is 0 Å². The second-order valence-corrected chi connectivity index (χ2v) is 10.1. The van der Waals surface area contributed by atoms with Crippen molar-refractivity contribution in [2.45, 2.75) is 45.3 Å². The molecule has 4 aromatic rings. The van der Waals surface area contributed by atoms with Crippen LogP contribution in [-0.4, -0.2) is 44.6 Å². The fourth-order valence-corrected chi connectivity index (χ4v) is 5.46. The van der Waals surface area contributed by atoms with Gasteiger partial charge in [-0.05, 0) is 61.7 Å². The number of halogens is 1. The van der Waals surface area contributed by atoms with E-state index in [1.54, 1.807) is 41.9 Å². The van der Waals surface area contributed by atoms with Gasteiger partial charge in [-0.15, -0.1) is 0 Å². The Morgan fingerprint density at radius 2 is 1.92 bits per heavy atom. The van der Waals surface area contributed by atoms with E-state index in [1.807, 2.05) is 18.3 Å². The molecule has 0 spiro atoms. The summed E-state index contributed by atoms with van der Waals surface area (Å²) in [7, 11) is 1.71. The highest BCUT2D eigenvalue weighted by atomic mass is 19.1. The van der Waals surface area contributed by atoms with Gasteiger partial charge in [-0.2, -0.15) is 5.26 Å². The number of anilines is 1. The second-order valence-electron chi connectivity index (χ2n) is 10.1. The number of fused-ring (bicyclic) bond motifs is 1. The maximum Gasteiger partial charge on any atom is 0.252 e. The number of hydrogen-bond acceptors (Lipinski definition) is 6. The quantitative estimate of drug-likeness (QED) is 0.391. The van der Waals surface area contributed by atoms with Crippen LogP contribution >= 0.6 is 0 Å². The lowest BCUT2D eigenvalue weighted by atomic mass is 9.96. The molecule has 38 heavy (non-hydrogen) atoms. The molecule has 0 radical (unpaired) electrons. The molecule has 1 saturated heterocycles. The van der Waals surface area contributed by atoms with Crippen molar-refractivity contribution in [3.8, 4) is 6.07 Å². The summed E-state index contributed by atoms with van der Waals surface area (Å²) >= 11 is 0. The second kappa shape index (κ2) is 10.3. The summed E-state index contributed by atoms with van der Waals surface area (Å²) in [6.07, 6.45) is 2.80. The van der Waals surface area contributed by atoms with E-state index < -0.39 is 0 Å². The van der Waals surface area contributed by atoms with Crippen LogP contribution in [0.25, 0.3) is 11.0 Å². The van der Waals surface area contributed by atoms with Gasteiger partial charge in [0.25, 0.3) is 5.56 Å². The number of piperazine rings is 1. The van der Waals surface area contributed by atoms with Crippen LogP contribution in [0.4, 0.5) is 10.1 Å². The maximum atomic E-state index is 14.4. The lowest BCUT2D eigenvalue weighted by Crippen LogP contribution is -2.57. The lowest BCUT2D eigenvalue weighted by molar-refractivity contribution is 0.127. The monoisotopic (exact) mass is 510 g/mol. The van der Waals surface area contributed by atoms with Gasteiger partial charge in [-0.3, -0.25) is 14.7 Å². The number of benzene rings is 1. The molecule has 8 heteroatoms. The van der Waals surface area contributed by atoms with Crippen molar-refractivity contribution in [3.05, 3.63) is 99.5 Å². The Hall–Kier alpha value is -4.09. The number of nitrogens with zero attached hydrogens (tertiary/aromatic N) is 6. The molecule has 3 atom stereocenters. The van der Waals surface area contributed by atoms with Crippen molar-refractivity contribution in [2.24, 2.45) is 7.05 Å². The Kier molecular flexibility index (Phi) is 6.96. The van der Waals surface area contributed by atoms with Crippen LogP contribution in [-0.2, 0) is 13.5 Å². The molecule has 1 aliphatic rings. The number of nitriles is 1. The third-order valence-corrected chi connectivity index (χ3v) is 7.56. The van der Waals surface area contributed by atoms with Crippen molar-refractivity contribution in [1.82, 2.24) is 19.4 Å². The fraction of sp³-hybridized carbons (Fsp3) is 0.333. The van der Waals surface area contributed by atoms with Gasteiger partial charge in [0.15, 0.2) is 0 Å². The number of rotatable bonds is 5. The van der Waals surface area contributed by atoms with Crippen molar-refractivity contribution in [1.29, 1.82) is 5.26 Å². The van der Waals surface area contributed by atoms with Crippen LogP contribution in [0.2, 0.25) is 0 Å². The summed E-state index contributed by atoms with van der Waals surface area (Å²) in [6.45, 7) is 7.64. The van der Waals surface area contributed by atoms with Crippen molar-refractivity contribution < 1.29 is 4.39 Å². The summed E-state index contributed by atoms with van der Waals surface area (Å²) in [5.74, 6) is -0.275. The lowest BCUT2D eigenvalue weighted by Gasteiger charge is -2.48. The van der Waals surface area contributed by atoms with Crippen LogP contribution in [0.1, 0.15) is 49.3 Å². The highest BCUT2D eigenvalue weighted by Gasteiger charge is 2.36. The van der Waals surface area contributed by atoms with E-state index in [4.69, 9.17) is 4.98 Å². The third kappa shape index (κ3) is 4.66. The van der Waals surface area contributed by atoms with Gasteiger partial charge < -0.3 is 9.47 Å². The van der Waals surface area contributed by atoms with Gasteiger partial charge in [0.05, 0.1) is 22.9 Å². The zero-order valence-electron chi connectivity index (χ0n) is 22.1. The Balaban J connectivity index is 1.55. The predicted octanol–water partition coefficient (Wildman–Crippen LogP) is 4.59. The topological polar surface area (TPSA) is 78.0 Å². The molecule has 0 N–H and O–H groups in total. The molecule has 0 bridgehead atoms. The Morgan fingerprint density at radius 3 is 2.61 bits per heavy atom. The average molecular weight is 511 g/mol. The minimum atomic E-state index is -0.275. The van der Waals surface area contributed by atoms with Gasteiger partial charge in [0.1, 0.15) is 23.1 Å². The van der Waals surface area contributed by atoms with Crippen LogP contribution in [0.5, 0.6) is 0 Å². The van der Waals surface area contributed by atoms with Gasteiger partial charge >= 0.3 is 0 Å². The maximum absolute atomic E-state index is 14.4. The molecular weight excluding hydrogens is 479 g/mol. The molecule has 1 fully saturated rings. The van der Waals surface area contributed by atoms with E-state index in [9.17, 15) is 14.4 Å². The first-order valence-corrected chi connectivity index (χ1v) is 12.9. The minimum Gasteiger partial charge on any atom is -0.364 e. The number of aryl methyl sites for hydroxylation is 2. The summed E-state index contributed by atoms with van der Waals surface area (Å²) in [4.78, 5) is 26.8. The summed E-state index contributed by atoms with van der Waals surface area (Å²) in [5.41, 5.74) is 5.12. The molecule has 4 heterocycles. The molecule has 0 amide bonds. The van der Waals surface area contributed by atoms with Gasteiger partial charge in [0, 0.05) is 44.5 Å². The van der Waals surface area contributed by atoms with E-state index in [0.717, 1.165) is 28.9 Å². The first kappa shape index (κ1) is 25.6. The van der Waals surface area contributed by atoms with Gasteiger partial charge in [-0.1, -0.05) is 25.1 Å². The summed E-state index contributed by atoms with van der Waals surface area (Å²) in [6, 6.07) is 17.9. The molecule has 194 valence electrons. The van der Waals surface area contributed by atoms with E-state index in [2.05, 4.69) is 47.7 Å². The number of hydrogen-bond donors (Lipinski definition) is 0. The molecular formula is C30H31FN6O. The smallest absolute Gasteiger partial charge is 0.252 e. The van der Waals surface area contributed by atoms with Crippen LogP contribution in [0, 0.1) is 17.1 Å². The van der Waals surface area contributed by atoms with Gasteiger partial charge in [0.2, 0.25) is 0 Å². The SMILES string of the molecule is CCc1ccc(C(c2cccc(F)c2)N2C[C@H](C)N(c3cc(=O)n(C)c4ccc(C#N)nc34)CC2C)nc1. The molecule has 3 aromatic heterocycles. The van der Waals surface area contributed by atoms with E-state index in [-0.39, 0.29) is 29.5 Å². The normalized spacial score (nSPS) is 18.9. The highest BCUT2D eigenvalue weighted by molar-refractivity contribution is 5.89. The van der Waals surface area contributed by atoms with Gasteiger partial charge in [-0.25, -0.2) is 9.37 Å². The largest absolute Gasteiger partial charge is 0.364 e. The molecule has 2 unspecified atom stereocenters. The van der Waals surface area contributed by atoms with E-state index in [0.29, 0.717) is 29.8 Å². The van der Waals surface area contributed by atoms with Crippen LogP contribution < -0.4 is 10.5 Å². The number of aromatic nitrogens is 3. The minimum absolute atomic E-state index is 0.0139. The predicted molar refractivity (Wildman–Crippen MR) is 147 cm³/mol. The van der Waals surface area contributed by atoms with Crippen molar-refractivity contribution in [2.75, 3.05) is 18.0 Å². The average Bonchev–Trinajstić information content (AvgIpc) is 2.93. The Bertz CT molecular complexity index is 1570. The zero-order chi connectivity index (χ0) is 27.0. The molecule has 5 rings (SSSR count). The Labute approximate surface area is 221 Å². The highest BCUT2D eigenvalue weighted by Crippen LogP contribution is 2.35. The fourth-order valence-electron chi connectivity index (χ4n) is 5.46. The summed E-state index contributed by atoms with van der Waals surface area (Å²) in [5, 5.41) is 9.45. The molecule has 0 aliphatic carbocycles. The third-order valence-electron chi connectivity index (χ3n) is 7.56. The first-order valence-electron chi connectivity index (χ1n) is 12.9. The van der Waals surface area contributed by atoms with Crippen LogP contribution in [0.3, 0.4) is 0 Å². The summed E-state index contributed by atoms with van der Waals surface area (Å²) < 4.78 is 15.9.